The number of ether oxygens (including phenoxy) is 1. The van der Waals surface area contributed by atoms with Gasteiger partial charge in [0.25, 0.3) is 0 Å². The first-order chi connectivity index (χ1) is 16.0. The van der Waals surface area contributed by atoms with E-state index < -0.39 is 22.2 Å². The maximum Gasteiger partial charge on any atom is 0.387 e. The predicted molar refractivity (Wildman–Crippen MR) is 129 cm³/mol. The zero-order valence-electron chi connectivity index (χ0n) is 19.4. The normalized spacial score (nSPS) is 15.6. The van der Waals surface area contributed by atoms with Crippen molar-refractivity contribution in [1.29, 1.82) is 5.26 Å². The number of fused-ring (bicyclic) bond motifs is 1. The van der Waals surface area contributed by atoms with Crippen LogP contribution < -0.4 is 9.46 Å². The van der Waals surface area contributed by atoms with Gasteiger partial charge in [-0.3, -0.25) is 4.99 Å². The van der Waals surface area contributed by atoms with Gasteiger partial charge in [0, 0.05) is 29.2 Å². The topological polar surface area (TPSA) is 96.5 Å². The van der Waals surface area contributed by atoms with E-state index in [1.165, 1.54) is 24.4 Å². The summed E-state index contributed by atoms with van der Waals surface area (Å²) in [6, 6.07) is 6.74. The van der Waals surface area contributed by atoms with Crippen molar-refractivity contribution in [3.63, 3.8) is 0 Å². The van der Waals surface area contributed by atoms with Crippen LogP contribution in [-0.4, -0.2) is 36.6 Å². The first-order valence-electron chi connectivity index (χ1n) is 10.9. The Morgan fingerprint density at radius 1 is 1.41 bits per heavy atom. The van der Waals surface area contributed by atoms with E-state index in [1.54, 1.807) is 32.9 Å². The van der Waals surface area contributed by atoms with Gasteiger partial charge in [-0.1, -0.05) is 12.7 Å². The molecule has 7 nitrogen and oxygen atoms in total. The lowest BCUT2D eigenvalue weighted by Crippen LogP contribution is -2.41. The van der Waals surface area contributed by atoms with Gasteiger partial charge in [0.2, 0.25) is 10.0 Å². The van der Waals surface area contributed by atoms with Crippen LogP contribution in [-0.2, 0) is 10.0 Å². The number of nitrogens with zero attached hydrogens (tertiary/aromatic N) is 3. The van der Waals surface area contributed by atoms with E-state index in [-0.39, 0.29) is 17.5 Å². The molecule has 1 aliphatic carbocycles. The van der Waals surface area contributed by atoms with Gasteiger partial charge in [-0.2, -0.15) is 14.0 Å². The van der Waals surface area contributed by atoms with E-state index >= 15 is 0 Å². The maximum absolute atomic E-state index is 12.8. The minimum atomic E-state index is -3.59. The van der Waals surface area contributed by atoms with Crippen LogP contribution in [0.2, 0.25) is 0 Å². The lowest BCUT2D eigenvalue weighted by molar-refractivity contribution is -0.0497. The Labute approximate surface area is 198 Å². The summed E-state index contributed by atoms with van der Waals surface area (Å²) in [6.45, 7) is 5.93. The van der Waals surface area contributed by atoms with Gasteiger partial charge in [0.1, 0.15) is 11.8 Å². The van der Waals surface area contributed by atoms with Crippen LogP contribution in [0, 0.1) is 11.3 Å². The molecule has 10 heteroatoms. The molecule has 0 bridgehead atoms. The van der Waals surface area contributed by atoms with Crippen molar-refractivity contribution in [1.82, 2.24) is 9.29 Å². The second-order valence-electron chi connectivity index (χ2n) is 9.08. The number of aromatic nitrogens is 1. The highest BCUT2D eigenvalue weighted by Gasteiger charge is 2.29. The Morgan fingerprint density at radius 2 is 2.12 bits per heavy atom. The molecule has 1 N–H and O–H groups in total. The molecule has 1 aliphatic rings. The predicted octanol–water partition coefficient (Wildman–Crippen LogP) is 5.05. The fourth-order valence-corrected chi connectivity index (χ4v) is 5.30. The number of aliphatic imine (C=N–C) groups is 1. The minimum absolute atomic E-state index is 0.00582. The molecule has 1 saturated carbocycles. The Kier molecular flexibility index (Phi) is 7.58. The molecule has 2 aromatic rings. The van der Waals surface area contributed by atoms with Gasteiger partial charge >= 0.3 is 6.61 Å². The summed E-state index contributed by atoms with van der Waals surface area (Å²) in [5, 5.41) is 10.6. The summed E-state index contributed by atoms with van der Waals surface area (Å²) < 4.78 is 59.5. The van der Waals surface area contributed by atoms with Crippen LogP contribution in [0.3, 0.4) is 0 Å². The molecule has 0 atom stereocenters. The third kappa shape index (κ3) is 5.90. The lowest BCUT2D eigenvalue weighted by atomic mass is 9.92. The number of nitriles is 1. The summed E-state index contributed by atoms with van der Waals surface area (Å²) in [4.78, 5) is 4.32. The Bertz CT molecular complexity index is 1280. The van der Waals surface area contributed by atoms with Crippen molar-refractivity contribution < 1.29 is 21.9 Å². The number of hydrogen-bond acceptors (Lipinski definition) is 5. The number of rotatable bonds is 9. The highest BCUT2D eigenvalue weighted by molar-refractivity contribution is 7.89. The van der Waals surface area contributed by atoms with Crippen molar-refractivity contribution in [3.8, 4) is 11.8 Å². The number of allylic oxidation sites excluding steroid dienone is 1. The van der Waals surface area contributed by atoms with Crippen molar-refractivity contribution in [2.45, 2.75) is 58.2 Å². The standard InChI is InChI=1S/C24H28F2N4O3S/c1-5-28-20(10-7-13-34(31,32)29-24(2,3)4)22-19(15-27)18-12-11-17(33-23(25)26)14-21(18)30(22)16-8-6-9-16/h5,7,10-12,14,16,23,29H,1,6,8-9,13H2,2-4H3/b10-7-,28-20+. The van der Waals surface area contributed by atoms with Crippen molar-refractivity contribution in [3.05, 3.63) is 54.4 Å². The Balaban J connectivity index is 2.12. The number of sulfonamides is 1. The summed E-state index contributed by atoms with van der Waals surface area (Å²) in [5.41, 5.74) is 1.14. The highest BCUT2D eigenvalue weighted by atomic mass is 32.2. The third-order valence-corrected chi connectivity index (χ3v) is 6.83. The molecule has 0 spiro atoms. The second kappa shape index (κ2) is 10.1. The quantitative estimate of drug-likeness (QED) is 0.498. The largest absolute Gasteiger partial charge is 0.435 e. The van der Waals surface area contributed by atoms with E-state index in [0.717, 1.165) is 19.3 Å². The first kappa shape index (κ1) is 25.6. The molecular formula is C24H28F2N4O3S. The number of halogens is 2. The zero-order chi connectivity index (χ0) is 25.1. The van der Waals surface area contributed by atoms with Crippen LogP contribution in [0.1, 0.15) is 57.3 Å². The average Bonchev–Trinajstić information content (AvgIpc) is 2.97. The van der Waals surface area contributed by atoms with Gasteiger partial charge in [-0.25, -0.2) is 13.1 Å². The Morgan fingerprint density at radius 3 is 2.65 bits per heavy atom. The van der Waals surface area contributed by atoms with Crippen LogP contribution >= 0.6 is 0 Å². The number of hydrogen-bond donors (Lipinski definition) is 1. The van der Waals surface area contributed by atoms with Crippen molar-refractivity contribution >= 4 is 26.6 Å². The van der Waals surface area contributed by atoms with Crippen LogP contribution in [0.15, 0.2) is 48.1 Å². The smallest absolute Gasteiger partial charge is 0.387 e. The molecule has 1 fully saturated rings. The molecular weight excluding hydrogens is 462 g/mol. The van der Waals surface area contributed by atoms with Crippen LogP contribution in [0.5, 0.6) is 5.75 Å². The van der Waals surface area contributed by atoms with Crippen molar-refractivity contribution in [2.24, 2.45) is 4.99 Å². The highest BCUT2D eigenvalue weighted by Crippen LogP contribution is 2.40. The molecule has 0 saturated heterocycles. The van der Waals surface area contributed by atoms with E-state index in [1.807, 2.05) is 4.57 Å². The SMILES string of the molecule is C=C/N=C(\C=C/CS(=O)(=O)NC(C)(C)C)c1c(C#N)c2ccc(OC(F)F)cc2n1C1CCC1. The second-order valence-corrected chi connectivity index (χ2v) is 10.8. The Hall–Kier alpha value is -3.03. The molecule has 0 radical (unpaired) electrons. The molecule has 1 aromatic carbocycles. The summed E-state index contributed by atoms with van der Waals surface area (Å²) in [5.74, 6) is -0.285. The molecule has 1 aromatic heterocycles. The summed E-state index contributed by atoms with van der Waals surface area (Å²) in [6.07, 6.45) is 7.04. The number of benzene rings is 1. The fraction of sp³-hybridized carbons (Fsp3) is 0.417. The average molecular weight is 491 g/mol. The first-order valence-corrected chi connectivity index (χ1v) is 12.5. The zero-order valence-corrected chi connectivity index (χ0v) is 20.2. The van der Waals surface area contributed by atoms with E-state index in [0.29, 0.717) is 27.9 Å². The van der Waals surface area contributed by atoms with Gasteiger partial charge in [-0.05, 0) is 58.2 Å². The van der Waals surface area contributed by atoms with Crippen LogP contribution in [0.4, 0.5) is 8.78 Å². The molecule has 0 aliphatic heterocycles. The fourth-order valence-electron chi connectivity index (χ4n) is 3.93. The molecule has 1 heterocycles. The van der Waals surface area contributed by atoms with Gasteiger partial charge in [-0.15, -0.1) is 0 Å². The molecule has 0 amide bonds. The van der Waals surface area contributed by atoms with Gasteiger partial charge < -0.3 is 9.30 Å². The van der Waals surface area contributed by atoms with E-state index in [4.69, 9.17) is 0 Å². The molecule has 0 unspecified atom stereocenters. The maximum atomic E-state index is 12.8. The summed E-state index contributed by atoms with van der Waals surface area (Å²) >= 11 is 0. The van der Waals surface area contributed by atoms with Gasteiger partial charge in [0.15, 0.2) is 0 Å². The number of nitrogens with one attached hydrogen (secondary N) is 1. The monoisotopic (exact) mass is 490 g/mol. The minimum Gasteiger partial charge on any atom is -0.435 e. The van der Waals surface area contributed by atoms with Crippen LogP contribution in [0.25, 0.3) is 10.9 Å². The number of alkyl halides is 2. The lowest BCUT2D eigenvalue weighted by Gasteiger charge is -2.30. The van der Waals surface area contributed by atoms with E-state index in [2.05, 4.69) is 27.1 Å². The molecule has 182 valence electrons. The van der Waals surface area contributed by atoms with Gasteiger partial charge in [0.05, 0.1) is 28.2 Å². The summed E-state index contributed by atoms with van der Waals surface area (Å²) in [7, 11) is -3.59. The van der Waals surface area contributed by atoms with E-state index in [9.17, 15) is 22.5 Å². The van der Waals surface area contributed by atoms with Crippen molar-refractivity contribution in [2.75, 3.05) is 5.75 Å². The molecule has 3 rings (SSSR count). The molecule has 34 heavy (non-hydrogen) atoms. The third-order valence-electron chi connectivity index (χ3n) is 5.28.